The Labute approximate surface area is 131 Å². The maximum Gasteiger partial charge on any atom is 0.259 e. The lowest BCUT2D eigenvalue weighted by Gasteiger charge is -2.10. The minimum absolute atomic E-state index is 0.0302. The van der Waals surface area contributed by atoms with Crippen LogP contribution in [0.5, 0.6) is 0 Å². The number of aromatic amines is 1. The van der Waals surface area contributed by atoms with Crippen molar-refractivity contribution >= 4 is 33.3 Å². The highest BCUT2D eigenvalue weighted by Gasteiger charge is 2.15. The number of benzene rings is 1. The van der Waals surface area contributed by atoms with Crippen molar-refractivity contribution in [1.82, 2.24) is 9.97 Å². The van der Waals surface area contributed by atoms with E-state index in [2.05, 4.69) is 29.0 Å². The summed E-state index contributed by atoms with van der Waals surface area (Å²) in [4.78, 5) is 23.1. The highest BCUT2D eigenvalue weighted by atomic mass is 32.2. The van der Waals surface area contributed by atoms with Crippen molar-refractivity contribution in [3.05, 3.63) is 57.0 Å². The Morgan fingerprint density at radius 2 is 1.95 bits per heavy atom. The molecule has 0 saturated heterocycles. The Hall–Kier alpha value is -1.59. The zero-order valence-corrected chi connectivity index (χ0v) is 13.8. The lowest BCUT2D eigenvalue weighted by Crippen LogP contribution is -2.12. The lowest BCUT2D eigenvalue weighted by atomic mass is 10.2. The van der Waals surface area contributed by atoms with E-state index >= 15 is 0 Å². The average Bonchev–Trinajstić information content (AvgIpc) is 2.75. The second-order valence-corrected chi connectivity index (χ2v) is 7.61. The Kier molecular flexibility index (Phi) is 3.87. The molecule has 0 saturated carbocycles. The molecule has 0 unspecified atom stereocenters. The van der Waals surface area contributed by atoms with E-state index in [4.69, 9.17) is 0 Å². The molecule has 2 aromatic heterocycles. The molecular weight excluding hydrogens is 300 g/mol. The van der Waals surface area contributed by atoms with Gasteiger partial charge in [0.05, 0.1) is 10.6 Å². The largest absolute Gasteiger partial charge is 0.309 e. The maximum absolute atomic E-state index is 12.3. The first-order chi connectivity index (χ1) is 10.1. The molecule has 108 valence electrons. The van der Waals surface area contributed by atoms with Gasteiger partial charge in [-0.1, -0.05) is 18.2 Å². The van der Waals surface area contributed by atoms with Crippen LogP contribution in [-0.2, 0) is 0 Å². The fourth-order valence-electron chi connectivity index (χ4n) is 2.22. The van der Waals surface area contributed by atoms with Crippen molar-refractivity contribution in [3.63, 3.8) is 0 Å². The smallest absolute Gasteiger partial charge is 0.259 e. The first kappa shape index (κ1) is 14.4. The zero-order valence-electron chi connectivity index (χ0n) is 12.1. The number of hydrogen-bond acceptors (Lipinski definition) is 4. The zero-order chi connectivity index (χ0) is 15.0. The van der Waals surface area contributed by atoms with Crippen LogP contribution in [0.1, 0.15) is 28.4 Å². The molecule has 0 aliphatic carbocycles. The maximum atomic E-state index is 12.3. The van der Waals surface area contributed by atoms with Crippen LogP contribution in [0.3, 0.4) is 0 Å². The molecule has 1 atom stereocenters. The summed E-state index contributed by atoms with van der Waals surface area (Å²) in [6.45, 7) is 6.07. The quantitative estimate of drug-likeness (QED) is 0.726. The minimum Gasteiger partial charge on any atom is -0.309 e. The van der Waals surface area contributed by atoms with Crippen molar-refractivity contribution in [3.8, 4) is 0 Å². The van der Waals surface area contributed by atoms with Crippen molar-refractivity contribution < 1.29 is 0 Å². The summed E-state index contributed by atoms with van der Waals surface area (Å²) in [5, 5.41) is 0.838. The second kappa shape index (κ2) is 5.66. The van der Waals surface area contributed by atoms with E-state index in [1.807, 2.05) is 32.0 Å². The highest BCUT2D eigenvalue weighted by Crippen LogP contribution is 2.34. The summed E-state index contributed by atoms with van der Waals surface area (Å²) < 4.78 is 0. The summed E-state index contributed by atoms with van der Waals surface area (Å²) in [5.41, 5.74) is 1.01. The molecule has 0 amide bonds. The van der Waals surface area contributed by atoms with E-state index in [-0.39, 0.29) is 10.8 Å². The van der Waals surface area contributed by atoms with Crippen LogP contribution in [-0.4, -0.2) is 9.97 Å². The Balaban J connectivity index is 1.99. The first-order valence-corrected chi connectivity index (χ1v) is 8.47. The number of aryl methyl sites for hydroxylation is 2. The highest BCUT2D eigenvalue weighted by molar-refractivity contribution is 7.99. The van der Waals surface area contributed by atoms with Gasteiger partial charge in [0.1, 0.15) is 10.7 Å². The number of nitrogens with one attached hydrogen (secondary N) is 1. The predicted molar refractivity (Wildman–Crippen MR) is 90.4 cm³/mol. The van der Waals surface area contributed by atoms with Gasteiger partial charge in [-0.3, -0.25) is 4.79 Å². The van der Waals surface area contributed by atoms with Gasteiger partial charge in [0, 0.05) is 9.77 Å². The third-order valence-corrected chi connectivity index (χ3v) is 5.72. The fraction of sp³-hybridized carbons (Fsp3) is 0.250. The molecule has 1 N–H and O–H groups in total. The third kappa shape index (κ3) is 2.76. The molecule has 0 aliphatic heterocycles. The molecule has 0 aliphatic rings. The monoisotopic (exact) mass is 316 g/mol. The van der Waals surface area contributed by atoms with Gasteiger partial charge in [-0.25, -0.2) is 4.98 Å². The molecule has 0 bridgehead atoms. The van der Waals surface area contributed by atoms with Gasteiger partial charge in [0.25, 0.3) is 5.56 Å². The van der Waals surface area contributed by atoms with Gasteiger partial charge >= 0.3 is 0 Å². The van der Waals surface area contributed by atoms with Crippen molar-refractivity contribution in [2.24, 2.45) is 0 Å². The second-order valence-electron chi connectivity index (χ2n) is 4.99. The Morgan fingerprint density at radius 1 is 1.24 bits per heavy atom. The Bertz CT molecular complexity index is 837. The molecule has 3 aromatic rings. The van der Waals surface area contributed by atoms with Crippen LogP contribution in [0.2, 0.25) is 0 Å². The van der Waals surface area contributed by atoms with Crippen LogP contribution in [0.15, 0.2) is 40.0 Å². The van der Waals surface area contributed by atoms with Crippen molar-refractivity contribution in [1.29, 1.82) is 0 Å². The fourth-order valence-corrected chi connectivity index (χ4v) is 4.21. The summed E-state index contributed by atoms with van der Waals surface area (Å²) in [6, 6.07) is 10.2. The number of fused-ring (bicyclic) bond motifs is 1. The van der Waals surface area contributed by atoms with Gasteiger partial charge in [-0.05, 0) is 38.5 Å². The molecule has 2 heterocycles. The van der Waals surface area contributed by atoms with E-state index in [9.17, 15) is 4.79 Å². The summed E-state index contributed by atoms with van der Waals surface area (Å²) >= 11 is 3.29. The third-order valence-electron chi connectivity index (χ3n) is 3.50. The number of thioether (sulfide) groups is 1. The number of hydrogen-bond donors (Lipinski definition) is 1. The molecule has 5 heteroatoms. The summed E-state index contributed by atoms with van der Waals surface area (Å²) in [7, 11) is 0. The molecule has 3 rings (SSSR count). The number of rotatable bonds is 3. The van der Waals surface area contributed by atoms with E-state index in [0.717, 1.165) is 26.5 Å². The molecule has 0 fully saturated rings. The van der Waals surface area contributed by atoms with Gasteiger partial charge in [-0.15, -0.1) is 23.1 Å². The molecule has 0 radical (unpaired) electrons. The molecular formula is C16H16N2OS2. The number of aromatic nitrogens is 2. The van der Waals surface area contributed by atoms with E-state index in [1.54, 1.807) is 23.1 Å². The van der Waals surface area contributed by atoms with Crippen LogP contribution in [0.25, 0.3) is 10.2 Å². The van der Waals surface area contributed by atoms with Crippen LogP contribution < -0.4 is 5.56 Å². The number of thiophene rings is 1. The van der Waals surface area contributed by atoms with Gasteiger partial charge in [0.2, 0.25) is 0 Å². The molecule has 1 aromatic carbocycles. The predicted octanol–water partition coefficient (Wildman–Crippen LogP) is 4.45. The van der Waals surface area contributed by atoms with Crippen LogP contribution in [0.4, 0.5) is 0 Å². The van der Waals surface area contributed by atoms with Crippen LogP contribution in [0, 0.1) is 13.8 Å². The molecule has 3 nitrogen and oxygen atoms in total. The lowest BCUT2D eigenvalue weighted by molar-refractivity contribution is 0.925. The first-order valence-electron chi connectivity index (χ1n) is 6.78. The topological polar surface area (TPSA) is 45.8 Å². The van der Waals surface area contributed by atoms with Gasteiger partial charge in [-0.2, -0.15) is 0 Å². The Morgan fingerprint density at radius 3 is 2.67 bits per heavy atom. The van der Waals surface area contributed by atoms with Crippen molar-refractivity contribution in [2.45, 2.75) is 30.9 Å². The summed E-state index contributed by atoms with van der Waals surface area (Å²) in [6.07, 6.45) is 0. The molecule has 21 heavy (non-hydrogen) atoms. The SMILES string of the molecule is Cc1sc2nc([C@@H](C)Sc3ccccc3)[nH]c(=O)c2c1C. The van der Waals surface area contributed by atoms with E-state index < -0.39 is 0 Å². The van der Waals surface area contributed by atoms with E-state index in [1.165, 1.54) is 4.90 Å². The minimum atomic E-state index is -0.0302. The van der Waals surface area contributed by atoms with Crippen molar-refractivity contribution in [2.75, 3.05) is 0 Å². The number of H-pyrrole nitrogens is 1. The number of nitrogens with zero attached hydrogens (tertiary/aromatic N) is 1. The molecule has 0 spiro atoms. The normalized spacial score (nSPS) is 12.7. The average molecular weight is 316 g/mol. The van der Waals surface area contributed by atoms with E-state index in [0.29, 0.717) is 0 Å². The van der Waals surface area contributed by atoms with Crippen LogP contribution >= 0.6 is 23.1 Å². The van der Waals surface area contributed by atoms with Gasteiger partial charge in [0.15, 0.2) is 0 Å². The summed E-state index contributed by atoms with van der Waals surface area (Å²) in [5.74, 6) is 0.739. The van der Waals surface area contributed by atoms with Gasteiger partial charge < -0.3 is 4.98 Å². The standard InChI is InChI=1S/C16H16N2OS2/c1-9-10(2)21-16-13(9)15(19)17-14(18-16)11(3)20-12-7-5-4-6-8-12/h4-8,11H,1-3H3,(H,17,18,19)/t11-/m1/s1.